The molecule has 0 bridgehead atoms. The number of hydrogen-bond donors (Lipinski definition) is 1. The number of benzene rings is 2. The van der Waals surface area contributed by atoms with Crippen LogP contribution >= 0.6 is 35.0 Å². The van der Waals surface area contributed by atoms with Crippen LogP contribution in [0.5, 0.6) is 0 Å². The highest BCUT2D eigenvalue weighted by Crippen LogP contribution is 2.30. The van der Waals surface area contributed by atoms with Gasteiger partial charge in [-0.25, -0.2) is 0 Å². The highest BCUT2D eigenvalue weighted by atomic mass is 35.5. The molecule has 1 aromatic heterocycles. The Labute approximate surface area is 203 Å². The molecule has 0 aliphatic rings. The van der Waals surface area contributed by atoms with Crippen LogP contribution in [0.3, 0.4) is 0 Å². The van der Waals surface area contributed by atoms with Crippen molar-refractivity contribution >= 4 is 40.9 Å². The number of aryl methyl sites for hydroxylation is 1. The number of rotatable bonds is 11. The number of nitrogens with one attached hydrogen (secondary N) is 1. The first-order valence-corrected chi connectivity index (χ1v) is 12.6. The average Bonchev–Trinajstić information content (AvgIpc) is 3.16. The van der Waals surface area contributed by atoms with Crippen molar-refractivity contribution in [2.45, 2.75) is 63.4 Å². The molecule has 5 nitrogen and oxygen atoms in total. The summed E-state index contributed by atoms with van der Waals surface area (Å²) in [6.45, 7) is 4.51. The fraction of sp³-hybridized carbons (Fsp3) is 0.375. The number of nitrogens with zero attached hydrogens (tertiary/aromatic N) is 3. The van der Waals surface area contributed by atoms with Crippen molar-refractivity contribution in [3.8, 4) is 5.69 Å². The van der Waals surface area contributed by atoms with Crippen molar-refractivity contribution in [1.29, 1.82) is 0 Å². The first kappa shape index (κ1) is 24.6. The molecule has 1 amide bonds. The predicted molar refractivity (Wildman–Crippen MR) is 133 cm³/mol. The maximum Gasteiger partial charge on any atom is 0.220 e. The third kappa shape index (κ3) is 6.99. The first-order chi connectivity index (χ1) is 15.5. The number of aromatic nitrogens is 3. The second-order valence-electron chi connectivity index (χ2n) is 7.70. The van der Waals surface area contributed by atoms with Gasteiger partial charge in [0.15, 0.2) is 11.0 Å². The average molecular weight is 491 g/mol. The van der Waals surface area contributed by atoms with Crippen molar-refractivity contribution in [1.82, 2.24) is 20.1 Å². The predicted octanol–water partition coefficient (Wildman–Crippen LogP) is 6.76. The summed E-state index contributed by atoms with van der Waals surface area (Å²) in [5.74, 6) is 1.39. The van der Waals surface area contributed by atoms with Crippen molar-refractivity contribution in [2.75, 3.05) is 0 Å². The minimum absolute atomic E-state index is 0.0202. The Morgan fingerprint density at radius 2 is 1.94 bits per heavy atom. The quantitative estimate of drug-likeness (QED) is 0.238. The van der Waals surface area contributed by atoms with E-state index in [-0.39, 0.29) is 12.5 Å². The van der Waals surface area contributed by atoms with E-state index in [1.807, 2.05) is 16.7 Å². The molecule has 0 spiro atoms. The first-order valence-electron chi connectivity index (χ1n) is 10.8. The van der Waals surface area contributed by atoms with Gasteiger partial charge in [0.1, 0.15) is 0 Å². The number of carbonyl (C=O) groups is 1. The van der Waals surface area contributed by atoms with Crippen LogP contribution in [0.4, 0.5) is 0 Å². The molecule has 0 radical (unpaired) electrons. The Morgan fingerprint density at radius 1 is 1.09 bits per heavy atom. The van der Waals surface area contributed by atoms with E-state index in [1.165, 1.54) is 11.1 Å². The lowest BCUT2D eigenvalue weighted by molar-refractivity contribution is -0.121. The van der Waals surface area contributed by atoms with Gasteiger partial charge in [-0.05, 0) is 37.1 Å². The molecule has 0 aliphatic carbocycles. The molecule has 1 heterocycles. The molecule has 1 N–H and O–H groups in total. The molecule has 170 valence electrons. The van der Waals surface area contributed by atoms with Gasteiger partial charge in [0.05, 0.1) is 17.3 Å². The third-order valence-electron chi connectivity index (χ3n) is 5.00. The molecule has 0 aliphatic heterocycles. The summed E-state index contributed by atoms with van der Waals surface area (Å²) in [4.78, 5) is 12.3. The molecule has 32 heavy (non-hydrogen) atoms. The number of amides is 1. The summed E-state index contributed by atoms with van der Waals surface area (Å²) >= 11 is 14.2. The fourth-order valence-electron chi connectivity index (χ4n) is 3.34. The monoisotopic (exact) mass is 490 g/mol. The summed E-state index contributed by atoms with van der Waals surface area (Å²) in [6.07, 6.45) is 4.78. The zero-order chi connectivity index (χ0) is 22.9. The van der Waals surface area contributed by atoms with Crippen LogP contribution in [0.1, 0.15) is 56.0 Å². The van der Waals surface area contributed by atoms with Gasteiger partial charge in [0.25, 0.3) is 0 Å². The standard InChI is InChI=1S/C24H28Cl2N4OS/c1-3-4-5-6-10-23(31)27-15-22-28-29-24(32-16-18-9-7-8-17(2)13-18)30(22)21-12-11-19(25)14-20(21)26/h7-9,11-14H,3-6,10,15-16H2,1-2H3,(H,27,31). The molecular weight excluding hydrogens is 463 g/mol. The second kappa shape index (κ2) is 12.3. The summed E-state index contributed by atoms with van der Waals surface area (Å²) < 4.78 is 1.90. The van der Waals surface area contributed by atoms with E-state index in [9.17, 15) is 4.79 Å². The van der Waals surface area contributed by atoms with E-state index in [0.29, 0.717) is 27.4 Å². The van der Waals surface area contributed by atoms with Crippen molar-refractivity contribution in [3.05, 3.63) is 69.5 Å². The molecule has 0 unspecified atom stereocenters. The highest BCUT2D eigenvalue weighted by molar-refractivity contribution is 7.98. The van der Waals surface area contributed by atoms with Crippen LogP contribution < -0.4 is 5.32 Å². The van der Waals surface area contributed by atoms with Gasteiger partial charge < -0.3 is 5.32 Å². The zero-order valence-corrected chi connectivity index (χ0v) is 20.7. The number of hydrogen-bond acceptors (Lipinski definition) is 4. The van der Waals surface area contributed by atoms with E-state index < -0.39 is 0 Å². The lowest BCUT2D eigenvalue weighted by atomic mass is 10.1. The molecule has 0 atom stereocenters. The van der Waals surface area contributed by atoms with Crippen LogP contribution in [0.25, 0.3) is 5.69 Å². The fourth-order valence-corrected chi connectivity index (χ4v) is 4.74. The van der Waals surface area contributed by atoms with Gasteiger partial charge in [-0.15, -0.1) is 10.2 Å². The summed E-state index contributed by atoms with van der Waals surface area (Å²) in [6, 6.07) is 13.7. The van der Waals surface area contributed by atoms with Gasteiger partial charge in [0, 0.05) is 17.2 Å². The SMILES string of the molecule is CCCCCCC(=O)NCc1nnc(SCc2cccc(C)c2)n1-c1ccc(Cl)cc1Cl. The van der Waals surface area contributed by atoms with Gasteiger partial charge >= 0.3 is 0 Å². The van der Waals surface area contributed by atoms with E-state index in [4.69, 9.17) is 23.2 Å². The molecule has 8 heteroatoms. The van der Waals surface area contributed by atoms with Gasteiger partial charge in [-0.1, -0.05) is 91.0 Å². The van der Waals surface area contributed by atoms with Crippen molar-refractivity contribution < 1.29 is 4.79 Å². The normalized spacial score (nSPS) is 11.0. The zero-order valence-electron chi connectivity index (χ0n) is 18.4. The van der Waals surface area contributed by atoms with Crippen LogP contribution in [-0.2, 0) is 17.1 Å². The molecule has 3 rings (SSSR count). The van der Waals surface area contributed by atoms with Crippen LogP contribution in [0.15, 0.2) is 47.6 Å². The maximum atomic E-state index is 12.3. The third-order valence-corrected chi connectivity index (χ3v) is 6.54. The molecule has 3 aromatic rings. The van der Waals surface area contributed by atoms with E-state index in [1.54, 1.807) is 23.9 Å². The minimum atomic E-state index is 0.0202. The Hall–Kier alpha value is -2.02. The van der Waals surface area contributed by atoms with Gasteiger partial charge in [-0.2, -0.15) is 0 Å². The lowest BCUT2D eigenvalue weighted by Gasteiger charge is -2.13. The van der Waals surface area contributed by atoms with Crippen LogP contribution in [0, 0.1) is 6.92 Å². The number of carbonyl (C=O) groups excluding carboxylic acids is 1. The molecule has 0 fully saturated rings. The summed E-state index contributed by atoms with van der Waals surface area (Å²) in [5.41, 5.74) is 3.15. The summed E-state index contributed by atoms with van der Waals surface area (Å²) in [5, 5.41) is 13.5. The van der Waals surface area contributed by atoms with E-state index in [0.717, 1.165) is 37.1 Å². The minimum Gasteiger partial charge on any atom is -0.349 e. The van der Waals surface area contributed by atoms with E-state index in [2.05, 4.69) is 47.6 Å². The molecule has 0 saturated heterocycles. The maximum absolute atomic E-state index is 12.3. The number of thioether (sulfide) groups is 1. The van der Waals surface area contributed by atoms with Crippen LogP contribution in [0.2, 0.25) is 10.0 Å². The summed E-state index contributed by atoms with van der Waals surface area (Å²) in [7, 11) is 0. The number of halogens is 2. The Balaban J connectivity index is 1.78. The van der Waals surface area contributed by atoms with Gasteiger partial charge in [0.2, 0.25) is 5.91 Å². The van der Waals surface area contributed by atoms with Crippen molar-refractivity contribution in [2.24, 2.45) is 0 Å². The molecule has 0 saturated carbocycles. The highest BCUT2D eigenvalue weighted by Gasteiger charge is 2.18. The molecular formula is C24H28Cl2N4OS. The second-order valence-corrected chi connectivity index (χ2v) is 9.48. The van der Waals surface area contributed by atoms with Gasteiger partial charge in [-0.3, -0.25) is 9.36 Å². The Kier molecular flexibility index (Phi) is 9.45. The van der Waals surface area contributed by atoms with Crippen LogP contribution in [-0.4, -0.2) is 20.7 Å². The topological polar surface area (TPSA) is 59.8 Å². The lowest BCUT2D eigenvalue weighted by Crippen LogP contribution is -2.24. The largest absolute Gasteiger partial charge is 0.349 e. The Morgan fingerprint density at radius 3 is 2.69 bits per heavy atom. The smallest absolute Gasteiger partial charge is 0.220 e. The molecule has 2 aromatic carbocycles. The Bertz CT molecular complexity index is 1050. The van der Waals surface area contributed by atoms with E-state index >= 15 is 0 Å². The van der Waals surface area contributed by atoms with Crippen molar-refractivity contribution in [3.63, 3.8) is 0 Å². The number of unbranched alkanes of at least 4 members (excludes halogenated alkanes) is 3.